The molecule has 2 nitrogen and oxygen atoms in total. The molecule has 0 unspecified atom stereocenters. The number of aliphatic hydroxyl groups is 2. The zero-order chi connectivity index (χ0) is 13.1. The molecule has 98 valence electrons. The van der Waals surface area contributed by atoms with Crippen molar-refractivity contribution in [1.29, 1.82) is 0 Å². The number of rotatable bonds is 0. The van der Waals surface area contributed by atoms with Crippen molar-refractivity contribution >= 4 is 0 Å². The van der Waals surface area contributed by atoms with Crippen LogP contribution in [0.3, 0.4) is 0 Å². The summed E-state index contributed by atoms with van der Waals surface area (Å²) in [5, 5.41) is 20.2. The van der Waals surface area contributed by atoms with Crippen LogP contribution in [0.1, 0.15) is 53.4 Å². The lowest BCUT2D eigenvalue weighted by Gasteiger charge is -2.28. The van der Waals surface area contributed by atoms with Crippen LogP contribution in [0.4, 0.5) is 0 Å². The number of hydrogen-bond donors (Lipinski definition) is 2. The molecular formula is C15H26O2. The van der Waals surface area contributed by atoms with Crippen molar-refractivity contribution in [2.75, 3.05) is 0 Å². The third-order valence-electron chi connectivity index (χ3n) is 3.61. The van der Waals surface area contributed by atoms with Crippen LogP contribution in [0.2, 0.25) is 0 Å². The van der Waals surface area contributed by atoms with Gasteiger partial charge in [0, 0.05) is 0 Å². The zero-order valence-electron chi connectivity index (χ0n) is 11.5. The third-order valence-corrected chi connectivity index (χ3v) is 3.61. The number of allylic oxidation sites excluding steroid dienone is 3. The summed E-state index contributed by atoms with van der Waals surface area (Å²) in [5.41, 5.74) is 0.396. The maximum atomic E-state index is 10.2. The minimum Gasteiger partial charge on any atom is -0.390 e. The molecule has 2 heteroatoms. The monoisotopic (exact) mass is 238 g/mol. The summed E-state index contributed by atoms with van der Waals surface area (Å²) in [6, 6.07) is 0. The maximum absolute atomic E-state index is 10.2. The second-order valence-electron chi connectivity index (χ2n) is 6.26. The molecular weight excluding hydrogens is 212 g/mol. The molecule has 0 bridgehead atoms. The molecule has 0 aromatic carbocycles. The average molecular weight is 238 g/mol. The van der Waals surface area contributed by atoms with Gasteiger partial charge in [-0.1, -0.05) is 37.6 Å². The first kappa shape index (κ1) is 14.5. The molecule has 0 radical (unpaired) electrons. The fourth-order valence-electron chi connectivity index (χ4n) is 2.04. The molecule has 0 saturated carbocycles. The van der Waals surface area contributed by atoms with E-state index in [0.29, 0.717) is 12.8 Å². The molecule has 0 saturated heterocycles. The van der Waals surface area contributed by atoms with E-state index in [1.807, 2.05) is 6.08 Å². The first-order chi connectivity index (χ1) is 7.73. The lowest BCUT2D eigenvalue weighted by molar-refractivity contribution is -0.0622. The van der Waals surface area contributed by atoms with Crippen molar-refractivity contribution in [3.63, 3.8) is 0 Å². The largest absolute Gasteiger partial charge is 0.390 e. The second kappa shape index (κ2) is 5.36. The van der Waals surface area contributed by atoms with Gasteiger partial charge in [-0.25, -0.2) is 0 Å². The van der Waals surface area contributed by atoms with E-state index in [9.17, 15) is 10.2 Å². The molecule has 0 aromatic rings. The van der Waals surface area contributed by atoms with E-state index in [4.69, 9.17) is 0 Å². The predicted molar refractivity (Wildman–Crippen MR) is 71.8 cm³/mol. The highest BCUT2D eigenvalue weighted by Gasteiger charge is 2.29. The molecule has 0 heterocycles. The lowest BCUT2D eigenvalue weighted by Crippen LogP contribution is -2.38. The maximum Gasteiger partial charge on any atom is 0.0911 e. The van der Waals surface area contributed by atoms with Crippen molar-refractivity contribution in [3.05, 3.63) is 23.8 Å². The highest BCUT2D eigenvalue weighted by Crippen LogP contribution is 2.28. The molecule has 0 spiro atoms. The van der Waals surface area contributed by atoms with Gasteiger partial charge in [0.05, 0.1) is 11.7 Å². The van der Waals surface area contributed by atoms with Gasteiger partial charge in [0.2, 0.25) is 0 Å². The van der Waals surface area contributed by atoms with E-state index in [2.05, 4.69) is 32.9 Å². The Hall–Kier alpha value is -0.600. The van der Waals surface area contributed by atoms with Crippen LogP contribution in [0.5, 0.6) is 0 Å². The van der Waals surface area contributed by atoms with Crippen LogP contribution >= 0.6 is 0 Å². The second-order valence-corrected chi connectivity index (χ2v) is 6.26. The smallest absolute Gasteiger partial charge is 0.0911 e. The number of aliphatic hydroxyl groups excluding tert-OH is 1. The fourth-order valence-corrected chi connectivity index (χ4v) is 2.04. The zero-order valence-corrected chi connectivity index (χ0v) is 11.5. The van der Waals surface area contributed by atoms with Gasteiger partial charge in [0.15, 0.2) is 0 Å². The van der Waals surface area contributed by atoms with Crippen LogP contribution in [0.25, 0.3) is 0 Å². The molecule has 1 rings (SSSR count). The molecule has 1 aliphatic carbocycles. The summed E-state index contributed by atoms with van der Waals surface area (Å²) in [6.45, 7) is 8.19. The van der Waals surface area contributed by atoms with Crippen molar-refractivity contribution in [2.45, 2.75) is 65.1 Å². The molecule has 0 aliphatic heterocycles. The van der Waals surface area contributed by atoms with Crippen molar-refractivity contribution in [1.82, 2.24) is 0 Å². The lowest BCUT2D eigenvalue weighted by atomic mass is 9.87. The first-order valence-corrected chi connectivity index (χ1v) is 6.47. The summed E-state index contributed by atoms with van der Waals surface area (Å²) in [5.74, 6) is 0. The van der Waals surface area contributed by atoms with E-state index in [1.165, 1.54) is 5.57 Å². The first-order valence-electron chi connectivity index (χ1n) is 6.47. The highest BCUT2D eigenvalue weighted by molar-refractivity contribution is 5.07. The molecule has 2 atom stereocenters. The molecule has 1 aliphatic rings. The van der Waals surface area contributed by atoms with Gasteiger partial charge in [0.1, 0.15) is 0 Å². The molecule has 17 heavy (non-hydrogen) atoms. The molecule has 2 N–H and O–H groups in total. The van der Waals surface area contributed by atoms with E-state index >= 15 is 0 Å². The quantitative estimate of drug-likeness (QED) is 0.636. The van der Waals surface area contributed by atoms with E-state index < -0.39 is 11.7 Å². The number of hydrogen-bond acceptors (Lipinski definition) is 2. The Bertz CT molecular complexity index is 311. The molecule has 0 fully saturated rings. The van der Waals surface area contributed by atoms with Gasteiger partial charge in [-0.2, -0.15) is 0 Å². The van der Waals surface area contributed by atoms with Crippen molar-refractivity contribution in [2.24, 2.45) is 5.41 Å². The highest BCUT2D eigenvalue weighted by atomic mass is 16.3. The Morgan fingerprint density at radius 3 is 2.53 bits per heavy atom. The average Bonchev–Trinajstić information content (AvgIpc) is 2.22. The van der Waals surface area contributed by atoms with Crippen LogP contribution < -0.4 is 0 Å². The minimum atomic E-state index is -1.02. The van der Waals surface area contributed by atoms with E-state index in [1.54, 1.807) is 6.92 Å². The summed E-state index contributed by atoms with van der Waals surface area (Å²) in [4.78, 5) is 0. The summed E-state index contributed by atoms with van der Waals surface area (Å²) >= 11 is 0. The summed E-state index contributed by atoms with van der Waals surface area (Å²) < 4.78 is 0. The van der Waals surface area contributed by atoms with Crippen LogP contribution in [-0.4, -0.2) is 21.9 Å². The van der Waals surface area contributed by atoms with Crippen LogP contribution in [0, 0.1) is 5.41 Å². The molecule has 0 amide bonds. The van der Waals surface area contributed by atoms with Gasteiger partial charge in [0.25, 0.3) is 0 Å². The Balaban J connectivity index is 2.89. The third kappa shape index (κ3) is 4.64. The van der Waals surface area contributed by atoms with Gasteiger partial charge in [-0.3, -0.25) is 0 Å². The minimum absolute atomic E-state index is 0.118. The van der Waals surface area contributed by atoms with Gasteiger partial charge >= 0.3 is 0 Å². The Labute approximate surface area is 105 Å². The Morgan fingerprint density at radius 1 is 1.24 bits per heavy atom. The summed E-state index contributed by atoms with van der Waals surface area (Å²) in [7, 11) is 0. The van der Waals surface area contributed by atoms with Crippen molar-refractivity contribution in [3.8, 4) is 0 Å². The SMILES string of the molecule is C/C1=C\CC(C)(C)/C=C\C[C@](C)(O)[C@H](O)CC1. The topological polar surface area (TPSA) is 40.5 Å². The summed E-state index contributed by atoms with van der Waals surface area (Å²) in [6.07, 6.45) is 8.73. The van der Waals surface area contributed by atoms with Crippen molar-refractivity contribution < 1.29 is 10.2 Å². The van der Waals surface area contributed by atoms with Gasteiger partial charge in [-0.05, 0) is 44.9 Å². The van der Waals surface area contributed by atoms with E-state index in [-0.39, 0.29) is 5.41 Å². The fraction of sp³-hybridized carbons (Fsp3) is 0.733. The predicted octanol–water partition coefficient (Wildman–Crippen LogP) is 3.20. The van der Waals surface area contributed by atoms with E-state index in [0.717, 1.165) is 12.8 Å². The Kier molecular flexibility index (Phi) is 4.56. The standard InChI is InChI=1S/C15H26O2/c1-12-6-7-13(16)15(4,17)10-5-9-14(2,3)11-8-12/h5,8-9,13,16-17H,6-7,10-11H2,1-4H3/b9-5-,12-8+/t13-,15+/m1/s1. The normalized spacial score (nSPS) is 39.9. The molecule has 0 aromatic heterocycles. The Morgan fingerprint density at radius 2 is 1.88 bits per heavy atom. The van der Waals surface area contributed by atoms with Gasteiger partial charge < -0.3 is 10.2 Å². The van der Waals surface area contributed by atoms with Crippen LogP contribution in [0.15, 0.2) is 23.8 Å². The van der Waals surface area contributed by atoms with Crippen LogP contribution in [-0.2, 0) is 0 Å². The van der Waals surface area contributed by atoms with Gasteiger partial charge in [-0.15, -0.1) is 0 Å².